The van der Waals surface area contributed by atoms with Crippen LogP contribution in [0.3, 0.4) is 0 Å². The van der Waals surface area contributed by atoms with E-state index in [-0.39, 0.29) is 24.5 Å². The molecule has 1 fully saturated rings. The number of nitrogens with zero attached hydrogens (tertiary/aromatic N) is 1. The Hall–Kier alpha value is 0.0795. The third kappa shape index (κ3) is 3.04. The maximum absolute atomic E-state index is 4.20. The molecule has 0 unspecified atom stereocenters. The summed E-state index contributed by atoms with van der Waals surface area (Å²) in [6.07, 6.45) is 8.32. The van der Waals surface area contributed by atoms with Gasteiger partial charge in [0, 0.05) is 5.69 Å². The molecule has 1 aliphatic rings. The van der Waals surface area contributed by atoms with E-state index in [0.29, 0.717) is 5.92 Å². The normalized spacial score (nSPS) is 19.9. The quantitative estimate of drug-likeness (QED) is 0.498. The summed E-state index contributed by atoms with van der Waals surface area (Å²) in [5.41, 5.74) is 1.29. The fourth-order valence-corrected chi connectivity index (χ4v) is 2.05. The average molecular weight is 252 g/mol. The summed E-state index contributed by atoms with van der Waals surface area (Å²) in [4.78, 5) is 0. The van der Waals surface area contributed by atoms with Gasteiger partial charge in [0.2, 0.25) is 0 Å². The zero-order chi connectivity index (χ0) is 8.39. The van der Waals surface area contributed by atoms with Crippen molar-refractivity contribution in [3.8, 4) is 0 Å². The second-order valence-electron chi connectivity index (χ2n) is 3.14. The van der Waals surface area contributed by atoms with E-state index in [2.05, 4.69) is 28.9 Å². The summed E-state index contributed by atoms with van der Waals surface area (Å²) in [5.74, 6) is 0.637. The van der Waals surface area contributed by atoms with Gasteiger partial charge in [0.15, 0.2) is 0 Å². The molecule has 2 rings (SSSR count). The average Bonchev–Trinajstić information content (AvgIpc) is 2.75. The topological polar surface area (TPSA) is 28.7 Å². The molecule has 80 valence electrons. The van der Waals surface area contributed by atoms with Crippen molar-refractivity contribution in [1.29, 1.82) is 0 Å². The molecule has 0 saturated heterocycles. The Bertz CT molecular complexity index is 256. The number of H-pyrrole nitrogens is 1. The van der Waals surface area contributed by atoms with E-state index in [1.807, 2.05) is 0 Å². The minimum atomic E-state index is 0. The molecule has 4 heteroatoms. The number of hydrogen-bond donors (Lipinski definition) is 1. The van der Waals surface area contributed by atoms with Crippen LogP contribution in [-0.2, 0) is 17.1 Å². The number of thioether (sulfide) groups is 1. The Morgan fingerprint density at radius 2 is 2.43 bits per heavy atom. The molecule has 1 saturated carbocycles. The largest absolute Gasteiger partial charge is 2.00 e. The first-order chi connectivity index (χ1) is 5.90. The van der Waals surface area contributed by atoms with Crippen LogP contribution >= 0.6 is 11.8 Å². The van der Waals surface area contributed by atoms with Gasteiger partial charge in [-0.25, -0.2) is 0 Å². The molecule has 0 aromatic carbocycles. The number of nitrogens with one attached hydrogen (secondary N) is 1. The van der Waals surface area contributed by atoms with Crippen molar-refractivity contribution in [2.24, 2.45) is 0 Å². The van der Waals surface area contributed by atoms with Crippen LogP contribution in [0.4, 0.5) is 0 Å². The van der Waals surface area contributed by atoms with Crippen LogP contribution < -0.4 is 0 Å². The van der Waals surface area contributed by atoms with Gasteiger partial charge < -0.3 is 13.8 Å². The predicted molar refractivity (Wildman–Crippen MR) is 57.7 cm³/mol. The molecule has 0 aliphatic heterocycles. The number of rotatable bonds is 2. The first kappa shape index (κ1) is 14.1. The van der Waals surface area contributed by atoms with Crippen molar-refractivity contribution in [2.45, 2.75) is 30.2 Å². The fourth-order valence-electron chi connectivity index (χ4n) is 1.67. The SMILES string of the molecule is CSc1cc([C@H]2[CH-]CCC2)[nH]n1.[CH3-].[Fe+2]. The van der Waals surface area contributed by atoms with Gasteiger partial charge in [-0.05, 0) is 12.3 Å². The number of aromatic amines is 1. The molecular formula is C10H16FeN2S. The molecule has 0 bridgehead atoms. The van der Waals surface area contributed by atoms with E-state index in [9.17, 15) is 0 Å². The van der Waals surface area contributed by atoms with E-state index in [4.69, 9.17) is 0 Å². The van der Waals surface area contributed by atoms with Crippen LogP contribution in [0.15, 0.2) is 11.1 Å². The van der Waals surface area contributed by atoms with Gasteiger partial charge in [0.25, 0.3) is 0 Å². The Morgan fingerprint density at radius 1 is 1.64 bits per heavy atom. The van der Waals surface area contributed by atoms with Crippen molar-refractivity contribution in [2.75, 3.05) is 6.26 Å². The van der Waals surface area contributed by atoms with Crippen molar-refractivity contribution in [3.05, 3.63) is 25.6 Å². The molecule has 0 amide bonds. The molecule has 14 heavy (non-hydrogen) atoms. The third-order valence-corrected chi connectivity index (χ3v) is 2.98. The zero-order valence-corrected chi connectivity index (χ0v) is 10.5. The zero-order valence-electron chi connectivity index (χ0n) is 8.56. The molecular weight excluding hydrogens is 236 g/mol. The van der Waals surface area contributed by atoms with Gasteiger partial charge in [-0.15, -0.1) is 17.7 Å². The molecule has 1 aromatic rings. The minimum Gasteiger partial charge on any atom is -0.358 e. The Balaban J connectivity index is 0.000000845. The first-order valence-corrected chi connectivity index (χ1v) is 5.55. The van der Waals surface area contributed by atoms with Crippen LogP contribution in [0, 0.1) is 13.8 Å². The van der Waals surface area contributed by atoms with E-state index in [1.54, 1.807) is 11.8 Å². The maximum atomic E-state index is 4.20. The third-order valence-electron chi connectivity index (χ3n) is 2.35. The molecule has 1 heterocycles. The van der Waals surface area contributed by atoms with Crippen LogP contribution in [0.5, 0.6) is 0 Å². The Morgan fingerprint density at radius 3 is 2.93 bits per heavy atom. The summed E-state index contributed by atoms with van der Waals surface area (Å²) in [7, 11) is 0. The van der Waals surface area contributed by atoms with Crippen molar-refractivity contribution in [3.63, 3.8) is 0 Å². The van der Waals surface area contributed by atoms with Gasteiger partial charge in [-0.1, -0.05) is 12.8 Å². The van der Waals surface area contributed by atoms with Crippen LogP contribution in [0.2, 0.25) is 0 Å². The summed E-state index contributed by atoms with van der Waals surface area (Å²) >= 11 is 1.69. The molecule has 2 nitrogen and oxygen atoms in total. The molecule has 1 N–H and O–H groups in total. The Kier molecular flexibility index (Phi) is 6.58. The summed E-state index contributed by atoms with van der Waals surface area (Å²) in [5, 5.41) is 8.40. The van der Waals surface area contributed by atoms with Crippen LogP contribution in [0.1, 0.15) is 30.9 Å². The Labute approximate surface area is 101 Å². The monoisotopic (exact) mass is 252 g/mol. The van der Waals surface area contributed by atoms with Gasteiger partial charge in [-0.2, -0.15) is 11.5 Å². The number of hydrogen-bond acceptors (Lipinski definition) is 2. The predicted octanol–water partition coefficient (Wildman–Crippen LogP) is 3.05. The first-order valence-electron chi connectivity index (χ1n) is 4.33. The van der Waals surface area contributed by atoms with Crippen molar-refractivity contribution in [1.82, 2.24) is 10.2 Å². The van der Waals surface area contributed by atoms with E-state index >= 15 is 0 Å². The molecule has 0 radical (unpaired) electrons. The smallest absolute Gasteiger partial charge is 0.358 e. The van der Waals surface area contributed by atoms with Crippen molar-refractivity contribution >= 4 is 11.8 Å². The van der Waals surface area contributed by atoms with E-state index < -0.39 is 0 Å². The van der Waals surface area contributed by atoms with E-state index in [0.717, 1.165) is 5.03 Å². The maximum Gasteiger partial charge on any atom is 2.00 e. The second kappa shape index (κ2) is 6.54. The van der Waals surface area contributed by atoms with Crippen molar-refractivity contribution < 1.29 is 17.1 Å². The summed E-state index contributed by atoms with van der Waals surface area (Å²) < 4.78 is 0. The summed E-state index contributed by atoms with van der Waals surface area (Å²) in [6, 6.07) is 2.16. The van der Waals surface area contributed by atoms with E-state index in [1.165, 1.54) is 25.0 Å². The second-order valence-corrected chi connectivity index (χ2v) is 3.97. The van der Waals surface area contributed by atoms with Gasteiger partial charge >= 0.3 is 17.1 Å². The van der Waals surface area contributed by atoms with Crippen LogP contribution in [-0.4, -0.2) is 16.5 Å². The molecule has 0 spiro atoms. The molecule has 1 aliphatic carbocycles. The standard InChI is InChI=1S/C9H13N2S.CH3.Fe/c1-12-9-6-8(10-11-9)7-4-2-3-5-7;;/h4,6-7H,2-3,5H2,1H3,(H,10,11);1H3;/q2*-1;+2/t7-;;/m0../s1. The van der Waals surface area contributed by atoms with Crippen LogP contribution in [0.25, 0.3) is 0 Å². The fraction of sp³-hybridized carbons (Fsp3) is 0.500. The van der Waals surface area contributed by atoms with Gasteiger partial charge in [-0.3, -0.25) is 5.10 Å². The van der Waals surface area contributed by atoms with Gasteiger partial charge in [0.1, 0.15) is 5.03 Å². The summed E-state index contributed by atoms with van der Waals surface area (Å²) in [6.45, 7) is 0. The number of aromatic nitrogens is 2. The molecule has 1 atom stereocenters. The minimum absolute atomic E-state index is 0. The van der Waals surface area contributed by atoms with Gasteiger partial charge in [0.05, 0.1) is 0 Å². The molecule has 1 aromatic heterocycles.